The number of rotatable bonds is 5. The van der Waals surface area contributed by atoms with Crippen LogP contribution in [-0.4, -0.2) is 22.5 Å². The molecule has 1 aromatic rings. The van der Waals surface area contributed by atoms with Crippen molar-refractivity contribution in [2.45, 2.75) is 12.2 Å². The summed E-state index contributed by atoms with van der Waals surface area (Å²) in [5, 5.41) is 8.52. The predicted molar refractivity (Wildman–Crippen MR) is 55.0 cm³/mol. The molecule has 0 atom stereocenters. The zero-order chi connectivity index (χ0) is 8.81. The third-order valence-corrected chi connectivity index (χ3v) is 3.61. The van der Waals surface area contributed by atoms with Crippen LogP contribution in [0.1, 0.15) is 11.3 Å². The van der Waals surface area contributed by atoms with Gasteiger partial charge in [0.1, 0.15) is 0 Å². The molecule has 0 saturated heterocycles. The summed E-state index contributed by atoms with van der Waals surface area (Å²) in [6, 6.07) is 0. The van der Waals surface area contributed by atoms with E-state index < -0.39 is 0 Å². The number of thioether (sulfide) groups is 1. The first-order valence-electron chi connectivity index (χ1n) is 3.61. The van der Waals surface area contributed by atoms with E-state index in [2.05, 4.69) is 4.98 Å². The van der Waals surface area contributed by atoms with Crippen LogP contribution in [-0.2, 0) is 5.75 Å². The lowest BCUT2D eigenvalue weighted by Gasteiger charge is -1.95. The maximum atomic E-state index is 8.52. The zero-order valence-corrected chi connectivity index (χ0v) is 8.88. The van der Waals surface area contributed by atoms with Crippen LogP contribution in [0.25, 0.3) is 0 Å². The Balaban J connectivity index is 2.15. The Morgan fingerprint density at radius 3 is 3.08 bits per heavy atom. The summed E-state index contributed by atoms with van der Waals surface area (Å²) < 4.78 is 0.604. The largest absolute Gasteiger partial charge is 0.396 e. The average molecular weight is 224 g/mol. The Morgan fingerprint density at radius 2 is 2.50 bits per heavy atom. The minimum Gasteiger partial charge on any atom is -0.396 e. The Hall–Kier alpha value is 0.230. The highest BCUT2D eigenvalue weighted by atomic mass is 35.5. The smallest absolute Gasteiger partial charge is 0.183 e. The summed E-state index contributed by atoms with van der Waals surface area (Å²) in [5.41, 5.74) is 0. The van der Waals surface area contributed by atoms with E-state index in [0.29, 0.717) is 4.47 Å². The Kier molecular flexibility index (Phi) is 4.99. The SMILES string of the molecule is OCCCSCc1cnc(Cl)s1. The molecular weight excluding hydrogens is 214 g/mol. The van der Waals surface area contributed by atoms with Crippen LogP contribution in [0.2, 0.25) is 4.47 Å². The first-order valence-corrected chi connectivity index (χ1v) is 5.96. The fraction of sp³-hybridized carbons (Fsp3) is 0.571. The second kappa shape index (κ2) is 5.80. The van der Waals surface area contributed by atoms with Crippen LogP contribution in [0.5, 0.6) is 0 Å². The highest BCUT2D eigenvalue weighted by Gasteiger charge is 1.98. The molecule has 1 aromatic heterocycles. The van der Waals surface area contributed by atoms with Gasteiger partial charge in [-0.2, -0.15) is 11.8 Å². The van der Waals surface area contributed by atoms with Crippen LogP contribution in [0.15, 0.2) is 6.20 Å². The topological polar surface area (TPSA) is 33.1 Å². The van der Waals surface area contributed by atoms with Crippen LogP contribution in [0.3, 0.4) is 0 Å². The third kappa shape index (κ3) is 3.76. The van der Waals surface area contributed by atoms with E-state index in [4.69, 9.17) is 16.7 Å². The van der Waals surface area contributed by atoms with Gasteiger partial charge in [-0.05, 0) is 12.2 Å². The maximum absolute atomic E-state index is 8.52. The summed E-state index contributed by atoms with van der Waals surface area (Å²) in [6.45, 7) is 0.274. The standard InChI is InChI=1S/C7H10ClNOS2/c8-7-9-4-6(12-7)5-11-3-1-2-10/h4,10H,1-3,5H2. The molecule has 12 heavy (non-hydrogen) atoms. The maximum Gasteiger partial charge on any atom is 0.183 e. The van der Waals surface area contributed by atoms with Crippen molar-refractivity contribution in [3.8, 4) is 0 Å². The summed E-state index contributed by atoms with van der Waals surface area (Å²) >= 11 is 8.97. The molecule has 0 amide bonds. The number of hydrogen-bond donors (Lipinski definition) is 1. The molecular formula is C7H10ClNOS2. The summed E-state index contributed by atoms with van der Waals surface area (Å²) in [7, 11) is 0. The van der Waals surface area contributed by atoms with Gasteiger partial charge in [0.25, 0.3) is 0 Å². The van der Waals surface area contributed by atoms with Crippen molar-refractivity contribution in [2.24, 2.45) is 0 Å². The minimum atomic E-state index is 0.274. The first-order chi connectivity index (χ1) is 5.83. The number of nitrogens with zero attached hydrogens (tertiary/aromatic N) is 1. The molecule has 0 spiro atoms. The number of halogens is 1. The molecule has 1 rings (SSSR count). The lowest BCUT2D eigenvalue weighted by Crippen LogP contribution is -1.85. The van der Waals surface area contributed by atoms with E-state index in [9.17, 15) is 0 Å². The highest BCUT2D eigenvalue weighted by molar-refractivity contribution is 7.98. The molecule has 0 bridgehead atoms. The fourth-order valence-electron chi connectivity index (χ4n) is 0.690. The van der Waals surface area contributed by atoms with Crippen molar-refractivity contribution in [1.82, 2.24) is 4.98 Å². The van der Waals surface area contributed by atoms with Gasteiger partial charge in [0.05, 0.1) is 0 Å². The van der Waals surface area contributed by atoms with Gasteiger partial charge >= 0.3 is 0 Å². The number of aromatic nitrogens is 1. The Labute approximate surface area is 85.0 Å². The van der Waals surface area contributed by atoms with Crippen molar-refractivity contribution < 1.29 is 5.11 Å². The molecule has 0 fully saturated rings. The van der Waals surface area contributed by atoms with Gasteiger partial charge in [-0.1, -0.05) is 11.6 Å². The van der Waals surface area contributed by atoms with E-state index in [1.165, 1.54) is 16.2 Å². The van der Waals surface area contributed by atoms with Crippen LogP contribution in [0, 0.1) is 0 Å². The lowest BCUT2D eigenvalue weighted by atomic mass is 10.5. The minimum absolute atomic E-state index is 0.274. The molecule has 0 aliphatic heterocycles. The molecule has 68 valence electrons. The van der Waals surface area contributed by atoms with E-state index in [-0.39, 0.29) is 6.61 Å². The number of aliphatic hydroxyl groups is 1. The van der Waals surface area contributed by atoms with Gasteiger partial charge in [0.2, 0.25) is 0 Å². The number of hydrogen-bond acceptors (Lipinski definition) is 4. The molecule has 0 saturated carbocycles. The van der Waals surface area contributed by atoms with Gasteiger partial charge in [-0.3, -0.25) is 0 Å². The number of thiazole rings is 1. The van der Waals surface area contributed by atoms with Crippen molar-refractivity contribution >= 4 is 34.7 Å². The molecule has 1 heterocycles. The van der Waals surface area contributed by atoms with E-state index in [0.717, 1.165) is 17.9 Å². The van der Waals surface area contributed by atoms with Gasteiger partial charge < -0.3 is 5.11 Å². The van der Waals surface area contributed by atoms with Crippen LogP contribution >= 0.6 is 34.7 Å². The molecule has 0 radical (unpaired) electrons. The second-order valence-corrected chi connectivity index (χ2v) is 5.01. The molecule has 5 heteroatoms. The molecule has 1 N–H and O–H groups in total. The van der Waals surface area contributed by atoms with E-state index in [1.54, 1.807) is 18.0 Å². The monoisotopic (exact) mass is 223 g/mol. The van der Waals surface area contributed by atoms with Crippen molar-refractivity contribution in [3.05, 3.63) is 15.5 Å². The van der Waals surface area contributed by atoms with Gasteiger partial charge in [0.15, 0.2) is 4.47 Å². The van der Waals surface area contributed by atoms with E-state index in [1.807, 2.05) is 0 Å². The molecule has 2 nitrogen and oxygen atoms in total. The summed E-state index contributed by atoms with van der Waals surface area (Å²) in [4.78, 5) is 5.13. The highest BCUT2D eigenvalue weighted by Crippen LogP contribution is 2.22. The second-order valence-electron chi connectivity index (χ2n) is 2.21. The quantitative estimate of drug-likeness (QED) is 0.779. The van der Waals surface area contributed by atoms with Crippen LogP contribution in [0.4, 0.5) is 0 Å². The molecule has 0 aromatic carbocycles. The zero-order valence-electron chi connectivity index (χ0n) is 6.49. The third-order valence-electron chi connectivity index (χ3n) is 1.22. The number of aliphatic hydroxyl groups excluding tert-OH is 1. The average Bonchev–Trinajstić information content (AvgIpc) is 2.45. The molecule has 0 unspecified atom stereocenters. The Bertz CT molecular complexity index is 229. The molecule has 0 aliphatic rings. The normalized spacial score (nSPS) is 10.5. The summed E-state index contributed by atoms with van der Waals surface area (Å²) in [5.74, 6) is 1.94. The van der Waals surface area contributed by atoms with Gasteiger partial charge in [-0.25, -0.2) is 4.98 Å². The van der Waals surface area contributed by atoms with Crippen molar-refractivity contribution in [1.29, 1.82) is 0 Å². The summed E-state index contributed by atoms with van der Waals surface area (Å²) in [6.07, 6.45) is 2.66. The first kappa shape index (κ1) is 10.3. The van der Waals surface area contributed by atoms with E-state index >= 15 is 0 Å². The fourth-order valence-corrected chi connectivity index (χ4v) is 2.70. The van der Waals surface area contributed by atoms with Crippen molar-refractivity contribution in [3.63, 3.8) is 0 Å². The van der Waals surface area contributed by atoms with Crippen molar-refractivity contribution in [2.75, 3.05) is 12.4 Å². The van der Waals surface area contributed by atoms with Crippen LogP contribution < -0.4 is 0 Å². The molecule has 0 aliphatic carbocycles. The predicted octanol–water partition coefficient (Wildman–Crippen LogP) is 2.41. The van der Waals surface area contributed by atoms with Gasteiger partial charge in [0, 0.05) is 23.4 Å². The Morgan fingerprint density at radius 1 is 1.67 bits per heavy atom. The van der Waals surface area contributed by atoms with Gasteiger partial charge in [-0.15, -0.1) is 11.3 Å². The lowest BCUT2D eigenvalue weighted by molar-refractivity contribution is 0.296.